The predicted molar refractivity (Wildman–Crippen MR) is 47.0 cm³/mol. The molecule has 0 aromatic carbocycles. The van der Waals surface area contributed by atoms with E-state index in [-0.39, 0.29) is 0 Å². The number of nitrogens with zero attached hydrogens (tertiary/aromatic N) is 3. The Morgan fingerprint density at radius 3 is 3.08 bits per heavy atom. The average Bonchev–Trinajstić information content (AvgIpc) is 2.56. The number of aromatic nitrogens is 2. The van der Waals surface area contributed by atoms with Crippen molar-refractivity contribution in [3.05, 3.63) is 25.0 Å². The van der Waals surface area contributed by atoms with Crippen molar-refractivity contribution >= 4 is 5.70 Å². The maximum atomic E-state index is 8.31. The van der Waals surface area contributed by atoms with Crippen molar-refractivity contribution in [2.24, 2.45) is 0 Å². The molecule has 0 spiro atoms. The van der Waals surface area contributed by atoms with E-state index >= 15 is 0 Å². The van der Waals surface area contributed by atoms with Crippen LogP contribution in [0.3, 0.4) is 0 Å². The Morgan fingerprint density at radius 1 is 1.67 bits per heavy atom. The summed E-state index contributed by atoms with van der Waals surface area (Å²) < 4.78 is 1.73. The van der Waals surface area contributed by atoms with Crippen molar-refractivity contribution in [2.45, 2.75) is 19.3 Å². The summed E-state index contributed by atoms with van der Waals surface area (Å²) in [5.41, 5.74) is 0.940. The van der Waals surface area contributed by atoms with Crippen molar-refractivity contribution < 1.29 is 0 Å². The van der Waals surface area contributed by atoms with Crippen molar-refractivity contribution in [3.63, 3.8) is 0 Å². The largest absolute Gasteiger partial charge is 0.246 e. The highest BCUT2D eigenvalue weighted by molar-refractivity contribution is 5.38. The number of allylic oxidation sites excluding steroid dienone is 1. The summed E-state index contributed by atoms with van der Waals surface area (Å²) in [4.78, 5) is 0. The molecule has 0 aliphatic rings. The van der Waals surface area contributed by atoms with E-state index in [9.17, 15) is 0 Å². The van der Waals surface area contributed by atoms with Gasteiger partial charge in [0, 0.05) is 24.5 Å². The first kappa shape index (κ1) is 8.54. The van der Waals surface area contributed by atoms with Gasteiger partial charge in [-0.25, -0.2) is 4.68 Å². The number of nitriles is 1. The minimum Gasteiger partial charge on any atom is -0.246 e. The van der Waals surface area contributed by atoms with Crippen molar-refractivity contribution in [3.8, 4) is 6.07 Å². The maximum Gasteiger partial charge on any atom is 0.0621 e. The molecule has 1 rings (SSSR count). The van der Waals surface area contributed by atoms with Gasteiger partial charge >= 0.3 is 0 Å². The van der Waals surface area contributed by atoms with Crippen LogP contribution in [0, 0.1) is 11.3 Å². The lowest BCUT2D eigenvalue weighted by Crippen LogP contribution is -1.95. The van der Waals surface area contributed by atoms with E-state index < -0.39 is 0 Å². The molecule has 0 fully saturated rings. The summed E-state index contributed by atoms with van der Waals surface area (Å²) in [6.07, 6.45) is 5.84. The topological polar surface area (TPSA) is 41.6 Å². The number of unbranched alkanes of at least 4 members (excludes halogenated alkanes) is 1. The summed E-state index contributed by atoms with van der Waals surface area (Å²) in [5, 5.41) is 12.3. The Morgan fingerprint density at radius 2 is 2.50 bits per heavy atom. The molecule has 0 saturated heterocycles. The molecule has 0 aliphatic heterocycles. The molecule has 3 heteroatoms. The molecule has 0 N–H and O–H groups in total. The second-order valence-electron chi connectivity index (χ2n) is 2.53. The van der Waals surface area contributed by atoms with E-state index in [0.29, 0.717) is 6.42 Å². The molecule has 0 saturated carbocycles. The fourth-order valence-electron chi connectivity index (χ4n) is 0.942. The highest BCUT2D eigenvalue weighted by Crippen LogP contribution is 2.08. The first-order valence-electron chi connectivity index (χ1n) is 3.89. The second-order valence-corrected chi connectivity index (χ2v) is 2.53. The van der Waals surface area contributed by atoms with Gasteiger partial charge in [0.1, 0.15) is 0 Å². The monoisotopic (exact) mass is 161 g/mol. The standard InChI is InChI=1S/C9H11N3/c1-9(5-2-3-6-10)12-8-4-7-11-12/h4,7-8H,1-3,5H2. The van der Waals surface area contributed by atoms with Crippen LogP contribution in [0.4, 0.5) is 0 Å². The van der Waals surface area contributed by atoms with Gasteiger partial charge in [-0.1, -0.05) is 6.58 Å². The van der Waals surface area contributed by atoms with Crippen LogP contribution in [-0.2, 0) is 0 Å². The molecular weight excluding hydrogens is 150 g/mol. The summed E-state index contributed by atoms with van der Waals surface area (Å²) >= 11 is 0. The van der Waals surface area contributed by atoms with E-state index in [1.54, 1.807) is 10.9 Å². The molecule has 1 aromatic heterocycles. The Bertz CT molecular complexity index is 279. The Balaban J connectivity index is 2.36. The van der Waals surface area contributed by atoms with Crippen LogP contribution in [0.15, 0.2) is 25.0 Å². The molecule has 0 amide bonds. The summed E-state index contributed by atoms with van der Waals surface area (Å²) in [6.45, 7) is 3.86. The number of hydrogen-bond acceptors (Lipinski definition) is 2. The van der Waals surface area contributed by atoms with Gasteiger partial charge in [-0.2, -0.15) is 10.4 Å². The Hall–Kier alpha value is -1.56. The zero-order chi connectivity index (χ0) is 8.81. The van der Waals surface area contributed by atoms with Crippen LogP contribution in [0.25, 0.3) is 5.70 Å². The van der Waals surface area contributed by atoms with Gasteiger partial charge in [-0.05, 0) is 18.9 Å². The van der Waals surface area contributed by atoms with Crippen LogP contribution in [0.5, 0.6) is 0 Å². The van der Waals surface area contributed by atoms with Gasteiger partial charge in [-0.3, -0.25) is 0 Å². The van der Waals surface area contributed by atoms with E-state index in [1.807, 2.05) is 12.3 Å². The van der Waals surface area contributed by atoms with Gasteiger partial charge in [0.2, 0.25) is 0 Å². The zero-order valence-electron chi connectivity index (χ0n) is 6.90. The van der Waals surface area contributed by atoms with E-state index in [0.717, 1.165) is 18.5 Å². The van der Waals surface area contributed by atoms with Crippen LogP contribution >= 0.6 is 0 Å². The predicted octanol–water partition coefficient (Wildman–Crippen LogP) is 2.05. The Labute approximate surface area is 71.9 Å². The smallest absolute Gasteiger partial charge is 0.0621 e. The SMILES string of the molecule is C=C(CCCC#N)n1cccn1. The summed E-state index contributed by atoms with van der Waals surface area (Å²) in [5.74, 6) is 0. The quantitative estimate of drug-likeness (QED) is 0.634. The molecule has 3 nitrogen and oxygen atoms in total. The summed E-state index contributed by atoms with van der Waals surface area (Å²) in [6, 6.07) is 3.95. The maximum absolute atomic E-state index is 8.31. The zero-order valence-corrected chi connectivity index (χ0v) is 6.90. The van der Waals surface area contributed by atoms with Crippen LogP contribution in [0.2, 0.25) is 0 Å². The van der Waals surface area contributed by atoms with Gasteiger partial charge in [0.05, 0.1) is 6.07 Å². The molecule has 1 heterocycles. The first-order valence-corrected chi connectivity index (χ1v) is 3.89. The third kappa shape index (κ3) is 2.24. The molecule has 0 radical (unpaired) electrons. The lowest BCUT2D eigenvalue weighted by molar-refractivity contribution is 0.800. The van der Waals surface area contributed by atoms with Gasteiger partial charge in [0.25, 0.3) is 0 Å². The highest BCUT2D eigenvalue weighted by Gasteiger charge is 1.96. The van der Waals surface area contributed by atoms with Gasteiger partial charge in [0.15, 0.2) is 0 Å². The molecule has 1 aromatic rings. The van der Waals surface area contributed by atoms with Gasteiger partial charge in [-0.15, -0.1) is 0 Å². The van der Waals surface area contributed by atoms with E-state index in [1.165, 1.54) is 0 Å². The fraction of sp³-hybridized carbons (Fsp3) is 0.333. The summed E-state index contributed by atoms with van der Waals surface area (Å²) in [7, 11) is 0. The van der Waals surface area contributed by atoms with Gasteiger partial charge < -0.3 is 0 Å². The van der Waals surface area contributed by atoms with Crippen molar-refractivity contribution in [2.75, 3.05) is 0 Å². The van der Waals surface area contributed by atoms with Crippen molar-refractivity contribution in [1.29, 1.82) is 5.26 Å². The normalized spacial score (nSPS) is 9.25. The van der Waals surface area contributed by atoms with Crippen LogP contribution < -0.4 is 0 Å². The second kappa shape index (κ2) is 4.35. The molecule has 62 valence electrons. The third-order valence-electron chi connectivity index (χ3n) is 1.58. The molecular formula is C9H11N3. The van der Waals surface area contributed by atoms with E-state index in [4.69, 9.17) is 5.26 Å². The minimum atomic E-state index is 0.584. The van der Waals surface area contributed by atoms with E-state index in [2.05, 4.69) is 17.7 Å². The molecule has 0 unspecified atom stereocenters. The average molecular weight is 161 g/mol. The minimum absolute atomic E-state index is 0.584. The number of hydrogen-bond donors (Lipinski definition) is 0. The Kier molecular flexibility index (Phi) is 3.09. The first-order chi connectivity index (χ1) is 5.84. The molecule has 0 atom stereocenters. The lowest BCUT2D eigenvalue weighted by atomic mass is 10.2. The van der Waals surface area contributed by atoms with Crippen LogP contribution in [-0.4, -0.2) is 9.78 Å². The molecule has 0 bridgehead atoms. The lowest BCUT2D eigenvalue weighted by Gasteiger charge is -2.02. The van der Waals surface area contributed by atoms with Crippen molar-refractivity contribution in [1.82, 2.24) is 9.78 Å². The third-order valence-corrected chi connectivity index (χ3v) is 1.58. The van der Waals surface area contributed by atoms with Crippen LogP contribution in [0.1, 0.15) is 19.3 Å². The molecule has 0 aliphatic carbocycles. The highest BCUT2D eigenvalue weighted by atomic mass is 15.3. The fourth-order valence-corrected chi connectivity index (χ4v) is 0.942. The molecule has 12 heavy (non-hydrogen) atoms. The number of rotatable bonds is 4.